The lowest BCUT2D eigenvalue weighted by molar-refractivity contribution is -0.163. The lowest BCUT2D eigenvalue weighted by atomic mass is 9.66. The molecule has 0 spiro atoms. The average molecular weight is 418 g/mol. The molecule has 0 saturated heterocycles. The van der Waals surface area contributed by atoms with Crippen LogP contribution in [0.25, 0.3) is 0 Å². The molecular formula is C19H16BrNO5. The molecule has 1 N–H and O–H groups in total. The zero-order valence-corrected chi connectivity index (χ0v) is 15.7. The van der Waals surface area contributed by atoms with Crippen LogP contribution in [-0.2, 0) is 29.3 Å². The second-order valence-corrected chi connectivity index (χ2v) is 6.71. The summed E-state index contributed by atoms with van der Waals surface area (Å²) >= 11 is 3.36. The number of fused-ring (bicyclic) bond motifs is 1. The maximum absolute atomic E-state index is 13.2. The summed E-state index contributed by atoms with van der Waals surface area (Å²) in [4.78, 5) is 38.4. The van der Waals surface area contributed by atoms with Crippen molar-refractivity contribution in [2.45, 2.75) is 5.41 Å². The number of ether oxygens (including phenoxy) is 2. The maximum atomic E-state index is 13.2. The molecule has 134 valence electrons. The van der Waals surface area contributed by atoms with E-state index in [2.05, 4.69) is 21.2 Å². The van der Waals surface area contributed by atoms with Crippen molar-refractivity contribution in [2.75, 3.05) is 19.5 Å². The molecule has 2 aromatic carbocycles. The fourth-order valence-electron chi connectivity index (χ4n) is 3.42. The molecule has 1 atom stereocenters. The molecule has 1 heterocycles. The highest BCUT2D eigenvalue weighted by molar-refractivity contribution is 9.10. The third kappa shape index (κ3) is 2.59. The van der Waals surface area contributed by atoms with Gasteiger partial charge in [-0.2, -0.15) is 0 Å². The van der Waals surface area contributed by atoms with Crippen LogP contribution in [0.15, 0.2) is 53.0 Å². The average Bonchev–Trinajstić information content (AvgIpc) is 2.95. The maximum Gasteiger partial charge on any atom is 0.321 e. The van der Waals surface area contributed by atoms with Gasteiger partial charge in [0.05, 0.1) is 14.2 Å². The number of carbonyl (C=O) groups excluding carboxylic acids is 3. The highest BCUT2D eigenvalue weighted by atomic mass is 79.9. The van der Waals surface area contributed by atoms with Crippen molar-refractivity contribution in [3.05, 3.63) is 64.1 Å². The van der Waals surface area contributed by atoms with Crippen LogP contribution >= 0.6 is 15.9 Å². The molecule has 0 fully saturated rings. The summed E-state index contributed by atoms with van der Waals surface area (Å²) in [5.74, 6) is -3.65. The minimum absolute atomic E-state index is 0.484. The minimum atomic E-state index is -1.59. The number of carbonyl (C=O) groups is 3. The van der Waals surface area contributed by atoms with E-state index in [4.69, 9.17) is 9.47 Å². The Balaban J connectivity index is 2.37. The van der Waals surface area contributed by atoms with Crippen LogP contribution in [0.5, 0.6) is 0 Å². The predicted octanol–water partition coefficient (Wildman–Crippen LogP) is 2.65. The Morgan fingerprint density at radius 1 is 1.00 bits per heavy atom. The van der Waals surface area contributed by atoms with Crippen LogP contribution in [0.2, 0.25) is 0 Å². The molecule has 1 aliphatic heterocycles. The first kappa shape index (κ1) is 18.1. The summed E-state index contributed by atoms with van der Waals surface area (Å²) in [6, 6.07) is 13.8. The first-order chi connectivity index (χ1) is 12.5. The molecule has 1 aliphatic rings. The van der Waals surface area contributed by atoms with Crippen molar-refractivity contribution < 1.29 is 23.9 Å². The molecule has 0 bridgehead atoms. The highest BCUT2D eigenvalue weighted by Crippen LogP contribution is 2.48. The summed E-state index contributed by atoms with van der Waals surface area (Å²) in [6.45, 7) is 0. The Hall–Kier alpha value is -2.67. The van der Waals surface area contributed by atoms with Gasteiger partial charge in [-0.25, -0.2) is 0 Å². The lowest BCUT2D eigenvalue weighted by Gasteiger charge is -2.33. The molecule has 7 heteroatoms. The molecule has 0 saturated carbocycles. The van der Waals surface area contributed by atoms with Gasteiger partial charge in [0, 0.05) is 10.2 Å². The zero-order valence-electron chi connectivity index (χ0n) is 14.1. The first-order valence-corrected chi connectivity index (χ1v) is 8.58. The number of esters is 2. The van der Waals surface area contributed by atoms with E-state index in [1.165, 1.54) is 14.2 Å². The van der Waals surface area contributed by atoms with Crippen LogP contribution in [0.4, 0.5) is 5.69 Å². The van der Waals surface area contributed by atoms with Crippen molar-refractivity contribution >= 4 is 39.5 Å². The third-order valence-corrected chi connectivity index (χ3v) is 5.09. The quantitative estimate of drug-likeness (QED) is 0.610. The smallest absolute Gasteiger partial charge is 0.321 e. The molecule has 1 amide bonds. The number of halogens is 1. The Labute approximate surface area is 158 Å². The number of rotatable bonds is 4. The van der Waals surface area contributed by atoms with E-state index in [0.717, 1.165) is 4.47 Å². The van der Waals surface area contributed by atoms with Gasteiger partial charge in [-0.15, -0.1) is 0 Å². The van der Waals surface area contributed by atoms with Crippen molar-refractivity contribution in [1.82, 2.24) is 0 Å². The number of hydrogen-bond acceptors (Lipinski definition) is 5. The van der Waals surface area contributed by atoms with E-state index in [9.17, 15) is 14.4 Å². The van der Waals surface area contributed by atoms with E-state index in [1.807, 2.05) is 0 Å². The van der Waals surface area contributed by atoms with E-state index < -0.39 is 29.2 Å². The van der Waals surface area contributed by atoms with Crippen LogP contribution in [0.1, 0.15) is 11.1 Å². The molecule has 2 aromatic rings. The predicted molar refractivity (Wildman–Crippen MR) is 97.5 cm³/mol. The Bertz CT molecular complexity index is 864. The van der Waals surface area contributed by atoms with Gasteiger partial charge in [-0.05, 0) is 29.3 Å². The van der Waals surface area contributed by atoms with Crippen LogP contribution < -0.4 is 5.32 Å². The number of nitrogens with one attached hydrogen (secondary N) is 1. The van der Waals surface area contributed by atoms with Gasteiger partial charge in [0.1, 0.15) is 5.41 Å². The number of methoxy groups -OCH3 is 2. The largest absolute Gasteiger partial charge is 0.468 e. The SMILES string of the molecule is COC(=O)C(C(=O)OC)[C@]1(c2ccc(Br)cc2)C(=O)Nc2ccccc21. The Kier molecular flexibility index (Phi) is 4.82. The van der Waals surface area contributed by atoms with Crippen molar-refractivity contribution in [3.8, 4) is 0 Å². The molecule has 6 nitrogen and oxygen atoms in total. The van der Waals surface area contributed by atoms with Gasteiger partial charge in [-0.1, -0.05) is 46.3 Å². The normalized spacial score (nSPS) is 18.2. The molecular weight excluding hydrogens is 402 g/mol. The van der Waals surface area contributed by atoms with Crippen LogP contribution in [0.3, 0.4) is 0 Å². The molecule has 0 aromatic heterocycles. The minimum Gasteiger partial charge on any atom is -0.468 e. The van der Waals surface area contributed by atoms with Crippen LogP contribution in [0, 0.1) is 5.92 Å². The first-order valence-electron chi connectivity index (χ1n) is 7.79. The standard InChI is InChI=1S/C19H16BrNO5/c1-25-16(22)15(17(23)26-2)19(11-7-9-12(20)10-8-11)13-5-3-4-6-14(13)21-18(19)24/h3-10,15H,1-2H3,(H,21,24)/t19-/m1/s1. The number of amides is 1. The summed E-state index contributed by atoms with van der Waals surface area (Å²) in [6.07, 6.45) is 0. The highest BCUT2D eigenvalue weighted by Gasteiger charge is 2.60. The van der Waals surface area contributed by atoms with Gasteiger partial charge in [0.25, 0.3) is 0 Å². The van der Waals surface area contributed by atoms with Crippen LogP contribution in [-0.4, -0.2) is 32.1 Å². The van der Waals surface area contributed by atoms with Gasteiger partial charge < -0.3 is 14.8 Å². The lowest BCUT2D eigenvalue weighted by Crippen LogP contribution is -2.50. The molecule has 26 heavy (non-hydrogen) atoms. The fraction of sp³-hybridized carbons (Fsp3) is 0.211. The summed E-state index contributed by atoms with van der Waals surface area (Å²) in [5.41, 5.74) is -0.0346. The van der Waals surface area contributed by atoms with E-state index in [-0.39, 0.29) is 0 Å². The number of benzene rings is 2. The summed E-state index contributed by atoms with van der Waals surface area (Å²) in [5, 5.41) is 2.77. The number of para-hydroxylation sites is 1. The van der Waals surface area contributed by atoms with E-state index in [1.54, 1.807) is 48.5 Å². The number of anilines is 1. The number of hydrogen-bond donors (Lipinski definition) is 1. The molecule has 3 rings (SSSR count). The fourth-order valence-corrected chi connectivity index (χ4v) is 3.68. The van der Waals surface area contributed by atoms with Gasteiger partial charge >= 0.3 is 11.9 Å². The van der Waals surface area contributed by atoms with E-state index >= 15 is 0 Å². The second kappa shape index (κ2) is 6.92. The third-order valence-electron chi connectivity index (χ3n) is 4.56. The summed E-state index contributed by atoms with van der Waals surface area (Å²) < 4.78 is 10.5. The zero-order chi connectivity index (χ0) is 18.9. The molecule has 0 unspecified atom stereocenters. The Morgan fingerprint density at radius 3 is 2.15 bits per heavy atom. The monoisotopic (exact) mass is 417 g/mol. The second-order valence-electron chi connectivity index (χ2n) is 5.79. The van der Waals surface area contributed by atoms with Gasteiger partial charge in [-0.3, -0.25) is 14.4 Å². The molecule has 0 radical (unpaired) electrons. The van der Waals surface area contributed by atoms with E-state index in [0.29, 0.717) is 16.8 Å². The van der Waals surface area contributed by atoms with Gasteiger partial charge in [0.15, 0.2) is 5.92 Å². The van der Waals surface area contributed by atoms with Crippen molar-refractivity contribution in [2.24, 2.45) is 5.92 Å². The topological polar surface area (TPSA) is 81.7 Å². The summed E-state index contributed by atoms with van der Waals surface area (Å²) in [7, 11) is 2.35. The van der Waals surface area contributed by atoms with Crippen molar-refractivity contribution in [3.63, 3.8) is 0 Å². The van der Waals surface area contributed by atoms with Crippen molar-refractivity contribution in [1.29, 1.82) is 0 Å². The Morgan fingerprint density at radius 2 is 1.58 bits per heavy atom. The van der Waals surface area contributed by atoms with Gasteiger partial charge in [0.2, 0.25) is 5.91 Å². The molecule has 0 aliphatic carbocycles.